The van der Waals surface area contributed by atoms with Crippen molar-refractivity contribution in [2.75, 3.05) is 0 Å². The molecule has 3 aromatic rings. The number of halogens is 4. The molecule has 1 N–H and O–H groups in total. The Morgan fingerprint density at radius 2 is 1.70 bits per heavy atom. The standard InChI is InChI=1S/C13H12BrNO2.C6H6BrN.C5H4BrN.ClH/c1-10-9-11(14)7-8-15(10)13(16)17-12-5-3-2-4-6-12;1-5-4-6(7)2-3-8-5;6-5-1-3-7-4-2-5;/h2-10H,1H3;2-4H,1H3;1-4H;1H. The molecule has 0 spiro atoms. The molecule has 1 aliphatic heterocycles. The van der Waals surface area contributed by atoms with E-state index in [1.54, 1.807) is 24.5 Å². The molecule has 0 fully saturated rings. The highest BCUT2D eigenvalue weighted by Gasteiger charge is 2.20. The van der Waals surface area contributed by atoms with Crippen LogP contribution in [0.25, 0.3) is 0 Å². The van der Waals surface area contributed by atoms with Gasteiger partial charge in [-0.1, -0.05) is 66.0 Å². The molecule has 3 heterocycles. The molecular formula is C24H23Br3ClN3O2. The number of hydrogen-bond acceptors (Lipinski definition) is 3. The lowest BCUT2D eigenvalue weighted by Gasteiger charge is -2.25. The molecule has 174 valence electrons. The number of amides is 1. The number of carbonyl (C=O) groups is 1. The van der Waals surface area contributed by atoms with E-state index in [2.05, 4.69) is 57.8 Å². The molecule has 0 saturated carbocycles. The summed E-state index contributed by atoms with van der Waals surface area (Å²) in [6.07, 6.45) is 10.6. The molecular weight excluding hydrogens is 637 g/mol. The largest absolute Gasteiger partial charge is 1.00 e. The predicted octanol–water partition coefficient (Wildman–Crippen LogP) is 4.10. The monoisotopic (exact) mass is 657 g/mol. The second-order valence-corrected chi connectivity index (χ2v) is 9.28. The van der Waals surface area contributed by atoms with Crippen molar-refractivity contribution in [3.63, 3.8) is 0 Å². The maximum atomic E-state index is 11.9. The van der Waals surface area contributed by atoms with Gasteiger partial charge in [0.2, 0.25) is 0 Å². The molecule has 2 aromatic heterocycles. The maximum Gasteiger partial charge on any atom is 0.419 e. The van der Waals surface area contributed by atoms with E-state index in [0.29, 0.717) is 5.75 Å². The quantitative estimate of drug-likeness (QED) is 0.395. The lowest BCUT2D eigenvalue weighted by molar-refractivity contribution is -0.378. The van der Waals surface area contributed by atoms with E-state index in [9.17, 15) is 4.79 Å². The number of benzene rings is 1. The molecule has 1 atom stereocenters. The Bertz CT molecular complexity index is 1030. The number of carbonyl (C=O) groups excluding carboxylic acids is 1. The van der Waals surface area contributed by atoms with E-state index in [-0.39, 0.29) is 24.5 Å². The van der Waals surface area contributed by atoms with Crippen LogP contribution in [0.15, 0.2) is 105 Å². The topological polar surface area (TPSA) is 56.6 Å². The van der Waals surface area contributed by atoms with E-state index in [1.807, 2.05) is 80.9 Å². The molecule has 5 nitrogen and oxygen atoms in total. The number of allylic oxidation sites excluding steroid dienone is 2. The van der Waals surface area contributed by atoms with Gasteiger partial charge in [0.15, 0.2) is 12.4 Å². The SMILES string of the molecule is Brc1cc[nH+]cc1.CC1C=C(Br)C=CN1C(=O)Oc1ccccc1.Cc1cc(Br)ccn1.[Cl-]. The third-order valence-corrected chi connectivity index (χ3v) is 5.48. The number of para-hydroxylation sites is 1. The first-order chi connectivity index (χ1) is 15.3. The van der Waals surface area contributed by atoms with Gasteiger partial charge in [-0.3, -0.25) is 9.88 Å². The molecule has 1 unspecified atom stereocenters. The molecule has 1 amide bonds. The number of hydrogen-bond donors (Lipinski definition) is 0. The molecule has 9 heteroatoms. The van der Waals surface area contributed by atoms with Gasteiger partial charge in [0, 0.05) is 43.7 Å². The number of aromatic amines is 1. The van der Waals surface area contributed by atoms with Crippen LogP contribution in [0, 0.1) is 6.92 Å². The van der Waals surface area contributed by atoms with Gasteiger partial charge in [0.1, 0.15) is 5.75 Å². The summed E-state index contributed by atoms with van der Waals surface area (Å²) < 4.78 is 8.41. The van der Waals surface area contributed by atoms with E-state index in [4.69, 9.17) is 4.74 Å². The molecule has 1 aliphatic rings. The highest BCUT2D eigenvalue weighted by molar-refractivity contribution is 9.12. The summed E-state index contributed by atoms with van der Waals surface area (Å²) in [6.45, 7) is 3.89. The zero-order valence-electron chi connectivity index (χ0n) is 18.0. The zero-order chi connectivity index (χ0) is 23.3. The smallest absolute Gasteiger partial charge is 0.419 e. The van der Waals surface area contributed by atoms with Gasteiger partial charge in [-0.2, -0.15) is 0 Å². The van der Waals surface area contributed by atoms with Gasteiger partial charge in [-0.05, 0) is 50.3 Å². The summed E-state index contributed by atoms with van der Waals surface area (Å²) in [6, 6.07) is 16.8. The fourth-order valence-electron chi connectivity index (χ4n) is 2.40. The van der Waals surface area contributed by atoms with Crippen molar-refractivity contribution in [3.05, 3.63) is 111 Å². The first-order valence-electron chi connectivity index (χ1n) is 9.65. The van der Waals surface area contributed by atoms with Gasteiger partial charge < -0.3 is 17.1 Å². The van der Waals surface area contributed by atoms with Crippen LogP contribution in [-0.2, 0) is 0 Å². The molecule has 4 rings (SSSR count). The number of rotatable bonds is 1. The maximum absolute atomic E-state index is 11.9. The summed E-state index contributed by atoms with van der Waals surface area (Å²) in [5, 5.41) is 0. The summed E-state index contributed by atoms with van der Waals surface area (Å²) in [4.78, 5) is 20.3. The molecule has 1 aromatic carbocycles. The number of ether oxygens (including phenoxy) is 1. The number of aryl methyl sites for hydroxylation is 1. The van der Waals surface area contributed by atoms with Crippen LogP contribution < -0.4 is 22.1 Å². The third kappa shape index (κ3) is 11.6. The number of aromatic nitrogens is 2. The molecule has 0 aliphatic carbocycles. The van der Waals surface area contributed by atoms with Crippen LogP contribution in [0.1, 0.15) is 12.6 Å². The summed E-state index contributed by atoms with van der Waals surface area (Å²) in [5.74, 6) is 0.548. The third-order valence-electron chi connectivity index (χ3n) is 3.93. The molecule has 33 heavy (non-hydrogen) atoms. The highest BCUT2D eigenvalue weighted by atomic mass is 79.9. The minimum Gasteiger partial charge on any atom is -1.00 e. The van der Waals surface area contributed by atoms with Crippen LogP contribution in [0.5, 0.6) is 5.75 Å². The van der Waals surface area contributed by atoms with Crippen molar-refractivity contribution in [2.45, 2.75) is 19.9 Å². The Hall–Kier alpha value is -2.00. The first-order valence-corrected chi connectivity index (χ1v) is 12.0. The highest BCUT2D eigenvalue weighted by Crippen LogP contribution is 2.19. The van der Waals surface area contributed by atoms with Crippen LogP contribution >= 0.6 is 47.8 Å². The molecule has 0 radical (unpaired) electrons. The number of nitrogens with one attached hydrogen (secondary N) is 1. The summed E-state index contributed by atoms with van der Waals surface area (Å²) in [5.41, 5.74) is 1.04. The zero-order valence-corrected chi connectivity index (χ0v) is 23.5. The fraction of sp³-hybridized carbons (Fsp3) is 0.125. The van der Waals surface area contributed by atoms with Gasteiger partial charge in [-0.15, -0.1) is 0 Å². The van der Waals surface area contributed by atoms with Crippen molar-refractivity contribution in [3.8, 4) is 5.75 Å². The molecule has 0 bridgehead atoms. The van der Waals surface area contributed by atoms with Crippen molar-refractivity contribution in [1.29, 1.82) is 0 Å². The molecule has 0 saturated heterocycles. The van der Waals surface area contributed by atoms with Crippen LogP contribution in [0.4, 0.5) is 4.79 Å². The van der Waals surface area contributed by atoms with Gasteiger partial charge in [0.05, 0.1) is 6.04 Å². The Balaban J connectivity index is 0.000000283. The number of pyridine rings is 2. The van der Waals surface area contributed by atoms with Crippen LogP contribution in [-0.4, -0.2) is 22.0 Å². The van der Waals surface area contributed by atoms with Gasteiger partial charge in [0.25, 0.3) is 0 Å². The van der Waals surface area contributed by atoms with E-state index in [0.717, 1.165) is 19.1 Å². The lowest BCUT2D eigenvalue weighted by atomic mass is 10.2. The van der Waals surface area contributed by atoms with Gasteiger partial charge in [-0.25, -0.2) is 9.78 Å². The van der Waals surface area contributed by atoms with Crippen LogP contribution in [0.3, 0.4) is 0 Å². The van der Waals surface area contributed by atoms with Crippen molar-refractivity contribution >= 4 is 53.9 Å². The van der Waals surface area contributed by atoms with Crippen molar-refractivity contribution in [1.82, 2.24) is 9.88 Å². The fourth-order valence-corrected chi connectivity index (χ4v) is 3.61. The van der Waals surface area contributed by atoms with E-state index in [1.165, 1.54) is 4.90 Å². The number of H-pyrrole nitrogens is 1. The van der Waals surface area contributed by atoms with Crippen molar-refractivity contribution < 1.29 is 26.9 Å². The Kier molecular flexibility index (Phi) is 13.9. The minimum atomic E-state index is -0.379. The number of nitrogens with zero attached hydrogens (tertiary/aromatic N) is 2. The van der Waals surface area contributed by atoms with Gasteiger partial charge >= 0.3 is 6.09 Å². The predicted molar refractivity (Wildman–Crippen MR) is 137 cm³/mol. The Labute approximate surface area is 225 Å². The van der Waals surface area contributed by atoms with Crippen LogP contribution in [0.2, 0.25) is 0 Å². The van der Waals surface area contributed by atoms with E-state index < -0.39 is 0 Å². The second-order valence-electron chi connectivity index (χ2n) is 6.53. The Morgan fingerprint density at radius 1 is 1.03 bits per heavy atom. The first kappa shape index (κ1) is 29.0. The average molecular weight is 661 g/mol. The average Bonchev–Trinajstić information content (AvgIpc) is 2.76. The normalized spacial score (nSPS) is 13.8. The minimum absolute atomic E-state index is 0. The van der Waals surface area contributed by atoms with E-state index >= 15 is 0 Å². The summed E-state index contributed by atoms with van der Waals surface area (Å²) in [7, 11) is 0. The van der Waals surface area contributed by atoms with Crippen molar-refractivity contribution in [2.24, 2.45) is 0 Å². The second kappa shape index (κ2) is 15.8. The lowest BCUT2D eigenvalue weighted by Crippen LogP contribution is -3.00. The summed E-state index contributed by atoms with van der Waals surface area (Å²) >= 11 is 9.98. The Morgan fingerprint density at radius 3 is 2.18 bits per heavy atom.